The lowest BCUT2D eigenvalue weighted by molar-refractivity contribution is 0.0723. The summed E-state index contributed by atoms with van der Waals surface area (Å²) < 4.78 is 5.09. The smallest absolute Gasteiger partial charge is 0.263 e. The fourth-order valence-electron chi connectivity index (χ4n) is 2.49. The Hall–Kier alpha value is -2.15. The lowest BCUT2D eigenvalue weighted by Gasteiger charge is -2.32. The van der Waals surface area contributed by atoms with Gasteiger partial charge in [-0.1, -0.05) is 6.07 Å². The van der Waals surface area contributed by atoms with Crippen LogP contribution in [0, 0.1) is 0 Å². The Morgan fingerprint density at radius 2 is 2.23 bits per heavy atom. The molecule has 1 amide bonds. The summed E-state index contributed by atoms with van der Waals surface area (Å²) in [4.78, 5) is 23.5. The van der Waals surface area contributed by atoms with Crippen LogP contribution in [0.2, 0.25) is 0 Å². The van der Waals surface area contributed by atoms with Gasteiger partial charge in [0.05, 0.1) is 12.0 Å². The maximum absolute atomic E-state index is 12.3. The van der Waals surface area contributed by atoms with Gasteiger partial charge in [0.15, 0.2) is 0 Å². The molecule has 6 nitrogen and oxygen atoms in total. The normalized spacial score (nSPS) is 15.6. The number of nitrogens with zero attached hydrogens (tertiary/aromatic N) is 3. The van der Waals surface area contributed by atoms with Crippen LogP contribution < -0.4 is 10.1 Å². The number of hydrogen-bond donors (Lipinski definition) is 1. The lowest BCUT2D eigenvalue weighted by atomic mass is 10.1. The Labute approximate surface area is 133 Å². The molecule has 0 radical (unpaired) electrons. The molecule has 0 unspecified atom stereocenters. The maximum Gasteiger partial charge on any atom is 0.263 e. The van der Waals surface area contributed by atoms with Gasteiger partial charge in [-0.15, -0.1) is 11.3 Å². The number of nitrogens with one attached hydrogen (secondary N) is 1. The van der Waals surface area contributed by atoms with Gasteiger partial charge >= 0.3 is 0 Å². The number of hydrogen-bond acceptors (Lipinski definition) is 6. The third-order valence-electron chi connectivity index (χ3n) is 3.69. The molecule has 2 aromatic rings. The number of carbonyl (C=O) groups excluding carboxylic acids is 1. The molecule has 0 saturated carbocycles. The zero-order valence-electron chi connectivity index (χ0n) is 12.4. The van der Waals surface area contributed by atoms with Gasteiger partial charge in [0, 0.05) is 31.4 Å². The first-order valence-electron chi connectivity index (χ1n) is 7.22. The highest BCUT2D eigenvalue weighted by molar-refractivity contribution is 7.12. The zero-order valence-corrected chi connectivity index (χ0v) is 13.2. The third kappa shape index (κ3) is 3.36. The summed E-state index contributed by atoms with van der Waals surface area (Å²) in [6.07, 6.45) is 3.44. The fraction of sp³-hybridized carbons (Fsp3) is 0.400. The van der Waals surface area contributed by atoms with Gasteiger partial charge in [-0.3, -0.25) is 4.79 Å². The number of likely N-dealkylation sites (tertiary alicyclic amines) is 1. The summed E-state index contributed by atoms with van der Waals surface area (Å²) in [6, 6.07) is 5.78. The first kappa shape index (κ1) is 14.8. The monoisotopic (exact) mass is 318 g/mol. The van der Waals surface area contributed by atoms with Crippen molar-refractivity contribution in [3.05, 3.63) is 34.7 Å². The summed E-state index contributed by atoms with van der Waals surface area (Å²) in [5, 5.41) is 5.24. The second-order valence-corrected chi connectivity index (χ2v) is 6.06. The minimum atomic E-state index is 0.131. The van der Waals surface area contributed by atoms with Crippen LogP contribution in [0.5, 0.6) is 5.88 Å². The Bertz CT molecular complexity index is 624. The summed E-state index contributed by atoms with van der Waals surface area (Å²) in [6.45, 7) is 1.50. The number of amides is 1. The number of aromatic nitrogens is 2. The van der Waals surface area contributed by atoms with Gasteiger partial charge in [-0.25, -0.2) is 4.98 Å². The summed E-state index contributed by atoms with van der Waals surface area (Å²) in [5.74, 6) is 1.25. The highest BCUT2D eigenvalue weighted by atomic mass is 32.1. The third-order valence-corrected chi connectivity index (χ3v) is 4.54. The van der Waals surface area contributed by atoms with Crippen molar-refractivity contribution in [3.63, 3.8) is 0 Å². The van der Waals surface area contributed by atoms with E-state index in [2.05, 4.69) is 15.3 Å². The molecule has 3 heterocycles. The molecule has 1 aliphatic heterocycles. The fourth-order valence-corrected chi connectivity index (χ4v) is 3.18. The van der Waals surface area contributed by atoms with Gasteiger partial charge in [0.25, 0.3) is 5.91 Å². The zero-order chi connectivity index (χ0) is 15.4. The van der Waals surface area contributed by atoms with Crippen molar-refractivity contribution >= 4 is 23.2 Å². The van der Waals surface area contributed by atoms with Gasteiger partial charge in [-0.2, -0.15) is 4.98 Å². The van der Waals surface area contributed by atoms with Crippen LogP contribution in [0.3, 0.4) is 0 Å². The quantitative estimate of drug-likeness (QED) is 0.936. The van der Waals surface area contributed by atoms with E-state index in [1.807, 2.05) is 22.4 Å². The molecule has 116 valence electrons. The number of thiophene rings is 1. The van der Waals surface area contributed by atoms with Crippen molar-refractivity contribution < 1.29 is 9.53 Å². The molecule has 1 saturated heterocycles. The molecular formula is C15H18N4O2S. The van der Waals surface area contributed by atoms with Crippen molar-refractivity contribution in [2.24, 2.45) is 0 Å². The van der Waals surface area contributed by atoms with Crippen LogP contribution in [-0.4, -0.2) is 47.0 Å². The molecular weight excluding hydrogens is 300 g/mol. The average Bonchev–Trinajstić information content (AvgIpc) is 3.09. The summed E-state index contributed by atoms with van der Waals surface area (Å²) in [7, 11) is 1.58. The molecule has 0 aliphatic carbocycles. The first-order chi connectivity index (χ1) is 10.8. The number of rotatable bonds is 4. The number of anilines is 1. The van der Waals surface area contributed by atoms with E-state index >= 15 is 0 Å². The Balaban J connectivity index is 1.54. The summed E-state index contributed by atoms with van der Waals surface area (Å²) in [5.41, 5.74) is 0. The molecule has 1 fully saturated rings. The van der Waals surface area contributed by atoms with E-state index in [0.717, 1.165) is 30.8 Å². The average molecular weight is 318 g/mol. The molecule has 0 atom stereocenters. The lowest BCUT2D eigenvalue weighted by Crippen LogP contribution is -2.42. The highest BCUT2D eigenvalue weighted by Crippen LogP contribution is 2.19. The van der Waals surface area contributed by atoms with Gasteiger partial charge in [0.1, 0.15) is 0 Å². The minimum absolute atomic E-state index is 0.131. The predicted octanol–water partition coefficient (Wildman–Crippen LogP) is 2.26. The number of piperidine rings is 1. The standard InChI is InChI=1S/C15H18N4O2S/c1-21-13-4-7-16-15(18-13)17-11-5-8-19(9-6-11)14(20)12-3-2-10-22-12/h2-4,7,10-11H,5-6,8-9H2,1H3,(H,16,17,18). The number of ether oxygens (including phenoxy) is 1. The van der Waals surface area contributed by atoms with Gasteiger partial charge < -0.3 is 15.0 Å². The van der Waals surface area contributed by atoms with E-state index in [9.17, 15) is 4.79 Å². The van der Waals surface area contributed by atoms with Gasteiger partial charge in [-0.05, 0) is 24.3 Å². The van der Waals surface area contributed by atoms with Crippen LogP contribution in [0.1, 0.15) is 22.5 Å². The van der Waals surface area contributed by atoms with Gasteiger partial charge in [0.2, 0.25) is 11.8 Å². The number of methoxy groups -OCH3 is 1. The molecule has 0 spiro atoms. The Kier molecular flexibility index (Phi) is 4.53. The Morgan fingerprint density at radius 3 is 2.91 bits per heavy atom. The SMILES string of the molecule is COc1ccnc(NC2CCN(C(=O)c3cccs3)CC2)n1. The number of carbonyl (C=O) groups is 1. The van der Waals surface area contributed by atoms with Crippen LogP contribution in [0.25, 0.3) is 0 Å². The molecule has 22 heavy (non-hydrogen) atoms. The molecule has 1 N–H and O–H groups in total. The topological polar surface area (TPSA) is 67.3 Å². The maximum atomic E-state index is 12.3. The second kappa shape index (κ2) is 6.74. The van der Waals surface area contributed by atoms with E-state index in [1.54, 1.807) is 19.4 Å². The largest absolute Gasteiger partial charge is 0.481 e. The van der Waals surface area contributed by atoms with Crippen molar-refractivity contribution in [1.82, 2.24) is 14.9 Å². The molecule has 3 rings (SSSR count). The second-order valence-electron chi connectivity index (χ2n) is 5.11. The molecule has 7 heteroatoms. The van der Waals surface area contributed by atoms with Crippen LogP contribution >= 0.6 is 11.3 Å². The van der Waals surface area contributed by atoms with E-state index in [1.165, 1.54) is 11.3 Å². The van der Waals surface area contributed by atoms with Crippen molar-refractivity contribution in [1.29, 1.82) is 0 Å². The molecule has 2 aromatic heterocycles. The summed E-state index contributed by atoms with van der Waals surface area (Å²) >= 11 is 1.49. The van der Waals surface area contributed by atoms with Crippen LogP contribution in [-0.2, 0) is 0 Å². The van der Waals surface area contributed by atoms with Crippen LogP contribution in [0.15, 0.2) is 29.8 Å². The van der Waals surface area contributed by atoms with E-state index in [-0.39, 0.29) is 11.9 Å². The van der Waals surface area contributed by atoms with E-state index in [4.69, 9.17) is 4.74 Å². The Morgan fingerprint density at radius 1 is 1.41 bits per heavy atom. The predicted molar refractivity (Wildman–Crippen MR) is 85.5 cm³/mol. The highest BCUT2D eigenvalue weighted by Gasteiger charge is 2.24. The van der Waals surface area contributed by atoms with Crippen molar-refractivity contribution in [2.75, 3.05) is 25.5 Å². The van der Waals surface area contributed by atoms with E-state index in [0.29, 0.717) is 11.8 Å². The van der Waals surface area contributed by atoms with Crippen LogP contribution in [0.4, 0.5) is 5.95 Å². The first-order valence-corrected chi connectivity index (χ1v) is 8.10. The molecule has 1 aliphatic rings. The van der Waals surface area contributed by atoms with E-state index < -0.39 is 0 Å². The molecule has 0 bridgehead atoms. The van der Waals surface area contributed by atoms with Crippen molar-refractivity contribution in [2.45, 2.75) is 18.9 Å². The minimum Gasteiger partial charge on any atom is -0.481 e. The molecule has 0 aromatic carbocycles. The van der Waals surface area contributed by atoms with Crippen molar-refractivity contribution in [3.8, 4) is 5.88 Å².